The molecule has 1 unspecified atom stereocenters. The topological polar surface area (TPSA) is 78.7 Å². The number of hydrogen-bond acceptors (Lipinski definition) is 4. The molecular formula is C28H23FN3O3S+. The zero-order valence-electron chi connectivity index (χ0n) is 19.3. The molecule has 180 valence electrons. The van der Waals surface area contributed by atoms with Crippen LogP contribution in [0.5, 0.6) is 5.88 Å². The van der Waals surface area contributed by atoms with Crippen LogP contribution in [0.25, 0.3) is 16.7 Å². The lowest BCUT2D eigenvalue weighted by molar-refractivity contribution is -0.710. The van der Waals surface area contributed by atoms with Crippen LogP contribution in [0, 0.1) is 11.0 Å². The summed E-state index contributed by atoms with van der Waals surface area (Å²) in [6.07, 6.45) is 3.30. The van der Waals surface area contributed by atoms with Crippen molar-refractivity contribution in [2.24, 2.45) is 0 Å². The predicted molar refractivity (Wildman–Crippen MR) is 140 cm³/mol. The predicted octanol–water partition coefficient (Wildman–Crippen LogP) is 3.61. The number of nitrogens with zero attached hydrogens (tertiary/aromatic N) is 1. The molecule has 1 amide bonds. The van der Waals surface area contributed by atoms with Crippen molar-refractivity contribution in [3.63, 3.8) is 0 Å². The maximum absolute atomic E-state index is 13.1. The number of rotatable bonds is 6. The minimum absolute atomic E-state index is 0.108. The van der Waals surface area contributed by atoms with Crippen molar-refractivity contribution in [1.82, 2.24) is 10.3 Å². The van der Waals surface area contributed by atoms with Gasteiger partial charge in [0.05, 0.1) is 18.2 Å². The van der Waals surface area contributed by atoms with Gasteiger partial charge in [-0.25, -0.2) is 9.37 Å². The molecule has 36 heavy (non-hydrogen) atoms. The number of methoxy groups -OCH3 is 1. The standard InChI is InChI=1S/C28H22FN3O3S/c1-35-26-12-8-19(15-30-26)24-16-32(34)27-21(3-2-4-22(24)27)23-13-18(7-11-25(23)36)28(33)31-14-17-5-9-20(29)10-6-17/h2-13,15-16,32,36H,14H2,1H3,(H,31,33)/p+1. The lowest BCUT2D eigenvalue weighted by Gasteiger charge is -2.17. The maximum Gasteiger partial charge on any atom is 0.251 e. The number of para-hydroxylation sites is 1. The van der Waals surface area contributed by atoms with E-state index in [4.69, 9.17) is 4.74 Å². The molecule has 0 fully saturated rings. The third kappa shape index (κ3) is 4.61. The molecule has 1 aromatic heterocycles. The van der Waals surface area contributed by atoms with Gasteiger partial charge in [-0.1, -0.05) is 18.2 Å². The smallest absolute Gasteiger partial charge is 0.251 e. The fraction of sp³-hybridized carbons (Fsp3) is 0.0714. The van der Waals surface area contributed by atoms with E-state index in [1.165, 1.54) is 12.1 Å². The number of quaternary nitrogens is 1. The largest absolute Gasteiger partial charge is 0.624 e. The van der Waals surface area contributed by atoms with Gasteiger partial charge in [-0.05, 0) is 66.7 Å². The van der Waals surface area contributed by atoms with Crippen molar-refractivity contribution in [1.29, 1.82) is 0 Å². The summed E-state index contributed by atoms with van der Waals surface area (Å²) in [5.41, 5.74) is 5.68. The first-order valence-electron chi connectivity index (χ1n) is 11.2. The van der Waals surface area contributed by atoms with Crippen LogP contribution in [0.2, 0.25) is 0 Å². The number of amides is 1. The summed E-state index contributed by atoms with van der Waals surface area (Å²) in [5.74, 6) is -0.0987. The average Bonchev–Trinajstić information content (AvgIpc) is 3.25. The van der Waals surface area contributed by atoms with E-state index >= 15 is 0 Å². The van der Waals surface area contributed by atoms with Gasteiger partial charge >= 0.3 is 0 Å². The van der Waals surface area contributed by atoms with E-state index < -0.39 is 0 Å². The summed E-state index contributed by atoms with van der Waals surface area (Å²) in [5, 5.41) is 15.9. The number of hydrogen-bond donors (Lipinski definition) is 2. The Bertz CT molecular complexity index is 1470. The minimum atomic E-state index is -0.326. The Morgan fingerprint density at radius 1 is 1.06 bits per heavy atom. The molecule has 2 N–H and O–H groups in total. The number of halogens is 1. The molecule has 2 heterocycles. The molecular weight excluding hydrogens is 477 g/mol. The summed E-state index contributed by atoms with van der Waals surface area (Å²) >= 11 is 3.64. The van der Waals surface area contributed by atoms with E-state index in [0.29, 0.717) is 17.1 Å². The van der Waals surface area contributed by atoms with Gasteiger partial charge in [0, 0.05) is 41.1 Å². The summed E-state index contributed by atoms with van der Waals surface area (Å²) in [6, 6.07) is 20.5. The first-order valence-corrected chi connectivity index (χ1v) is 11.7. The molecule has 3 aromatic carbocycles. The number of pyridine rings is 1. The highest BCUT2D eigenvalue weighted by Crippen LogP contribution is 2.39. The fourth-order valence-corrected chi connectivity index (χ4v) is 4.53. The number of benzene rings is 3. The molecule has 0 aliphatic carbocycles. The van der Waals surface area contributed by atoms with E-state index in [1.807, 2.05) is 24.3 Å². The highest BCUT2D eigenvalue weighted by molar-refractivity contribution is 7.59. The SMILES string of the molecule is COc1ccc(C2=C[NH+]([O-])c3c2cccc3-c2cc(C(=O)NCc3ccc(F)cc3)ccc2[SH2+])cn1. The van der Waals surface area contributed by atoms with E-state index in [0.717, 1.165) is 38.3 Å². The molecule has 5 rings (SSSR count). The molecule has 0 saturated heterocycles. The second kappa shape index (κ2) is 9.94. The average molecular weight is 501 g/mol. The zero-order valence-corrected chi connectivity index (χ0v) is 20.3. The van der Waals surface area contributed by atoms with Crippen molar-refractivity contribution in [3.05, 3.63) is 118 Å². The second-order valence-corrected chi connectivity index (χ2v) is 8.85. The molecule has 6 nitrogen and oxygen atoms in total. The molecule has 0 spiro atoms. The normalized spacial score (nSPS) is 14.2. The van der Waals surface area contributed by atoms with Crippen molar-refractivity contribution in [2.75, 3.05) is 7.11 Å². The molecule has 0 saturated carbocycles. The second-order valence-electron chi connectivity index (χ2n) is 8.31. The highest BCUT2D eigenvalue weighted by Gasteiger charge is 2.28. The van der Waals surface area contributed by atoms with Crippen molar-refractivity contribution >= 4 is 29.8 Å². The number of carbonyl (C=O) groups excluding carboxylic acids is 1. The number of nitrogens with one attached hydrogen (secondary N) is 2. The van der Waals surface area contributed by atoms with E-state index in [1.54, 1.807) is 55.9 Å². The van der Waals surface area contributed by atoms with Crippen LogP contribution in [0.1, 0.15) is 27.0 Å². The molecule has 1 aliphatic rings. The number of fused-ring (bicyclic) bond motifs is 1. The monoisotopic (exact) mass is 500 g/mol. The van der Waals surface area contributed by atoms with Crippen molar-refractivity contribution in [2.45, 2.75) is 11.4 Å². The Labute approximate surface area is 213 Å². The van der Waals surface area contributed by atoms with Crippen LogP contribution < -0.4 is 15.1 Å². The van der Waals surface area contributed by atoms with E-state index in [2.05, 4.69) is 22.9 Å². The summed E-state index contributed by atoms with van der Waals surface area (Å²) in [4.78, 5) is 17.9. The Hall–Kier alpha value is -3.98. The minimum Gasteiger partial charge on any atom is -0.624 e. The Morgan fingerprint density at radius 3 is 2.56 bits per heavy atom. The molecule has 1 atom stereocenters. The van der Waals surface area contributed by atoms with Gasteiger partial charge in [-0.2, -0.15) is 0 Å². The Balaban J connectivity index is 1.45. The van der Waals surface area contributed by atoms with Crippen LogP contribution in [-0.2, 0) is 19.2 Å². The van der Waals surface area contributed by atoms with Gasteiger partial charge in [-0.15, -0.1) is 0 Å². The van der Waals surface area contributed by atoms with Crippen LogP contribution in [-0.4, -0.2) is 18.0 Å². The number of aromatic nitrogens is 1. The van der Waals surface area contributed by atoms with Gasteiger partial charge in [0.1, 0.15) is 12.0 Å². The Kier molecular flexibility index (Phi) is 6.56. The zero-order chi connectivity index (χ0) is 25.2. The van der Waals surface area contributed by atoms with Gasteiger partial charge in [0.15, 0.2) is 10.6 Å². The third-order valence-corrected chi connectivity index (χ3v) is 6.51. The number of hydroxylamine groups is 1. The van der Waals surface area contributed by atoms with Gasteiger partial charge in [0.2, 0.25) is 5.88 Å². The van der Waals surface area contributed by atoms with Crippen molar-refractivity contribution < 1.29 is 19.0 Å². The molecule has 4 aromatic rings. The summed E-state index contributed by atoms with van der Waals surface area (Å²) in [7, 11) is 1.55. The fourth-order valence-electron chi connectivity index (χ4n) is 4.24. The summed E-state index contributed by atoms with van der Waals surface area (Å²) < 4.78 is 18.3. The first-order chi connectivity index (χ1) is 17.4. The van der Waals surface area contributed by atoms with Crippen LogP contribution >= 0.6 is 0 Å². The molecule has 0 radical (unpaired) electrons. The van der Waals surface area contributed by atoms with Crippen LogP contribution in [0.15, 0.2) is 90.1 Å². The maximum atomic E-state index is 13.1. The molecule has 0 bridgehead atoms. The number of ether oxygens (including phenoxy) is 1. The molecule has 1 aliphatic heterocycles. The Morgan fingerprint density at radius 2 is 1.83 bits per heavy atom. The summed E-state index contributed by atoms with van der Waals surface area (Å²) in [6.45, 7) is 0.270. The lowest BCUT2D eigenvalue weighted by Crippen LogP contribution is -2.95. The van der Waals surface area contributed by atoms with Crippen LogP contribution in [0.3, 0.4) is 0 Å². The first kappa shape index (κ1) is 23.7. The lowest BCUT2D eigenvalue weighted by atomic mass is 9.94. The van der Waals surface area contributed by atoms with Crippen LogP contribution in [0.4, 0.5) is 10.1 Å². The number of carbonyl (C=O) groups is 1. The quantitative estimate of drug-likeness (QED) is 0.313. The van der Waals surface area contributed by atoms with E-state index in [9.17, 15) is 14.4 Å². The molecule has 8 heteroatoms. The van der Waals surface area contributed by atoms with Gasteiger partial charge in [-0.3, -0.25) is 4.79 Å². The van der Waals surface area contributed by atoms with Gasteiger partial charge in [0.25, 0.3) is 5.91 Å². The van der Waals surface area contributed by atoms with Crippen molar-refractivity contribution in [3.8, 4) is 17.0 Å². The van der Waals surface area contributed by atoms with E-state index in [-0.39, 0.29) is 23.3 Å². The third-order valence-electron chi connectivity index (χ3n) is 6.07. The highest BCUT2D eigenvalue weighted by atomic mass is 32.1. The van der Waals surface area contributed by atoms with Gasteiger partial charge < -0.3 is 20.3 Å².